The van der Waals surface area contributed by atoms with E-state index in [4.69, 9.17) is 0 Å². The molecule has 0 radical (unpaired) electrons. The fourth-order valence-electron chi connectivity index (χ4n) is 1.72. The third-order valence-corrected chi connectivity index (χ3v) is 4.53. The zero-order valence-electron chi connectivity index (χ0n) is 12.7. The first-order valence-corrected chi connectivity index (χ1v) is 8.32. The largest absolute Gasteiger partial charge is 0.478 e. The molecule has 118 valence electrons. The van der Waals surface area contributed by atoms with E-state index < -0.39 is 16.0 Å². The summed E-state index contributed by atoms with van der Waals surface area (Å²) in [5, 5.41) is 12.2. The maximum Gasteiger partial charge on any atom is 0.337 e. The van der Waals surface area contributed by atoms with Crippen LogP contribution in [0.4, 0.5) is 5.69 Å². The Bertz CT molecular complexity index is 611. The number of carboxylic acid groups (broad SMARTS) is 1. The molecule has 0 amide bonds. The minimum absolute atomic E-state index is 0.0452. The number of rotatable bonds is 7. The monoisotopic (exact) mass is 314 g/mol. The van der Waals surface area contributed by atoms with Crippen LogP contribution < -0.4 is 10.0 Å². The Balaban J connectivity index is 3.22. The Hall–Kier alpha value is -1.60. The predicted octanol–water partition coefficient (Wildman–Crippen LogP) is 2.28. The smallest absolute Gasteiger partial charge is 0.337 e. The van der Waals surface area contributed by atoms with Crippen LogP contribution >= 0.6 is 0 Å². The van der Waals surface area contributed by atoms with Crippen LogP contribution in [0.5, 0.6) is 0 Å². The second-order valence-electron chi connectivity index (χ2n) is 5.24. The molecule has 1 aromatic carbocycles. The molecule has 6 nitrogen and oxygen atoms in total. The number of carbonyl (C=O) groups is 1. The van der Waals surface area contributed by atoms with Crippen molar-refractivity contribution in [3.63, 3.8) is 0 Å². The van der Waals surface area contributed by atoms with Crippen molar-refractivity contribution in [2.75, 3.05) is 5.32 Å². The van der Waals surface area contributed by atoms with E-state index in [-0.39, 0.29) is 22.5 Å². The molecule has 0 saturated heterocycles. The van der Waals surface area contributed by atoms with Crippen molar-refractivity contribution in [3.8, 4) is 0 Å². The lowest BCUT2D eigenvalue weighted by Crippen LogP contribution is -2.32. The number of carboxylic acids is 1. The molecule has 0 fully saturated rings. The third kappa shape index (κ3) is 4.71. The number of hydrogen-bond donors (Lipinski definition) is 3. The molecule has 1 atom stereocenters. The number of benzene rings is 1. The summed E-state index contributed by atoms with van der Waals surface area (Å²) < 4.78 is 26.9. The van der Waals surface area contributed by atoms with Gasteiger partial charge in [0.1, 0.15) is 0 Å². The second kappa shape index (κ2) is 6.91. The van der Waals surface area contributed by atoms with Gasteiger partial charge in [0.2, 0.25) is 10.0 Å². The number of nitrogens with one attached hydrogen (secondary N) is 2. The van der Waals surface area contributed by atoms with Crippen molar-refractivity contribution in [1.82, 2.24) is 4.72 Å². The van der Waals surface area contributed by atoms with Crippen LogP contribution in [0.1, 0.15) is 44.5 Å². The normalized spacial score (nSPS) is 13.2. The van der Waals surface area contributed by atoms with Gasteiger partial charge < -0.3 is 10.4 Å². The van der Waals surface area contributed by atoms with Gasteiger partial charge in [-0.05, 0) is 45.4 Å². The van der Waals surface area contributed by atoms with Crippen LogP contribution in [0, 0.1) is 0 Å². The van der Waals surface area contributed by atoms with Gasteiger partial charge in [-0.15, -0.1) is 0 Å². The van der Waals surface area contributed by atoms with Crippen molar-refractivity contribution >= 4 is 21.7 Å². The molecular formula is C14H22N2O4S. The number of hydrogen-bond acceptors (Lipinski definition) is 4. The Morgan fingerprint density at radius 2 is 1.90 bits per heavy atom. The maximum absolute atomic E-state index is 12.2. The van der Waals surface area contributed by atoms with Gasteiger partial charge in [-0.1, -0.05) is 6.92 Å². The van der Waals surface area contributed by atoms with Crippen LogP contribution in [0.25, 0.3) is 0 Å². The topological polar surface area (TPSA) is 95.5 Å². The highest BCUT2D eigenvalue weighted by atomic mass is 32.2. The standard InChI is InChI=1S/C14H22N2O4S/c1-5-10(4)16-21(19,20)11-6-7-13(15-9(2)3)12(8-11)14(17)18/h6-10,15-16H,5H2,1-4H3,(H,17,18)/t10-/m0/s1. The molecule has 0 spiro atoms. The summed E-state index contributed by atoms with van der Waals surface area (Å²) in [4.78, 5) is 11.3. The Morgan fingerprint density at radius 1 is 1.29 bits per heavy atom. The molecule has 0 bridgehead atoms. The van der Waals surface area contributed by atoms with E-state index in [1.165, 1.54) is 18.2 Å². The number of anilines is 1. The molecule has 0 unspecified atom stereocenters. The molecule has 21 heavy (non-hydrogen) atoms. The highest BCUT2D eigenvalue weighted by Crippen LogP contribution is 2.21. The van der Waals surface area contributed by atoms with Crippen LogP contribution in [-0.2, 0) is 10.0 Å². The number of aromatic carboxylic acids is 1. The van der Waals surface area contributed by atoms with Crippen molar-refractivity contribution in [3.05, 3.63) is 23.8 Å². The van der Waals surface area contributed by atoms with Gasteiger partial charge in [-0.3, -0.25) is 0 Å². The Labute approximate surface area is 125 Å². The molecule has 1 aromatic rings. The first-order valence-electron chi connectivity index (χ1n) is 6.83. The SMILES string of the molecule is CC[C@H](C)NS(=O)(=O)c1ccc(NC(C)C)c(C(=O)O)c1. The fraction of sp³-hybridized carbons (Fsp3) is 0.500. The highest BCUT2D eigenvalue weighted by molar-refractivity contribution is 7.89. The van der Waals surface area contributed by atoms with Gasteiger partial charge in [0, 0.05) is 17.8 Å². The summed E-state index contributed by atoms with van der Waals surface area (Å²) in [6.07, 6.45) is 0.651. The first-order chi connectivity index (χ1) is 9.67. The summed E-state index contributed by atoms with van der Waals surface area (Å²) in [6, 6.07) is 3.90. The average molecular weight is 314 g/mol. The molecule has 3 N–H and O–H groups in total. The molecule has 0 heterocycles. The van der Waals surface area contributed by atoms with Crippen LogP contribution in [0.3, 0.4) is 0 Å². The first kappa shape index (κ1) is 17.5. The van der Waals surface area contributed by atoms with Gasteiger partial charge in [-0.25, -0.2) is 17.9 Å². The molecule has 0 saturated carbocycles. The Kier molecular flexibility index (Phi) is 5.74. The van der Waals surface area contributed by atoms with E-state index in [0.717, 1.165) is 0 Å². The molecule has 0 aliphatic heterocycles. The summed E-state index contributed by atoms with van der Waals surface area (Å²) in [7, 11) is -3.71. The van der Waals surface area contributed by atoms with Crippen LogP contribution in [0.2, 0.25) is 0 Å². The van der Waals surface area contributed by atoms with E-state index in [1.54, 1.807) is 6.92 Å². The highest BCUT2D eigenvalue weighted by Gasteiger charge is 2.20. The molecule has 0 aliphatic rings. The average Bonchev–Trinajstić information content (AvgIpc) is 2.37. The zero-order chi connectivity index (χ0) is 16.2. The Morgan fingerprint density at radius 3 is 2.38 bits per heavy atom. The van der Waals surface area contributed by atoms with Crippen molar-refractivity contribution in [1.29, 1.82) is 0 Å². The predicted molar refractivity (Wildman–Crippen MR) is 82.2 cm³/mol. The molecule has 1 rings (SSSR count). The lowest BCUT2D eigenvalue weighted by molar-refractivity contribution is 0.0697. The van der Waals surface area contributed by atoms with Crippen molar-refractivity contribution in [2.45, 2.75) is 51.1 Å². The van der Waals surface area contributed by atoms with Gasteiger partial charge in [0.05, 0.1) is 10.5 Å². The molecule has 7 heteroatoms. The van der Waals surface area contributed by atoms with E-state index in [1.807, 2.05) is 20.8 Å². The van der Waals surface area contributed by atoms with E-state index in [2.05, 4.69) is 10.0 Å². The van der Waals surface area contributed by atoms with Gasteiger partial charge >= 0.3 is 5.97 Å². The second-order valence-corrected chi connectivity index (χ2v) is 6.96. The van der Waals surface area contributed by atoms with E-state index >= 15 is 0 Å². The minimum atomic E-state index is -3.71. The fourth-order valence-corrected chi connectivity index (χ4v) is 3.07. The van der Waals surface area contributed by atoms with Crippen LogP contribution in [0.15, 0.2) is 23.1 Å². The minimum Gasteiger partial charge on any atom is -0.478 e. The molecule has 0 aliphatic carbocycles. The summed E-state index contributed by atoms with van der Waals surface area (Å²) in [6.45, 7) is 7.37. The lowest BCUT2D eigenvalue weighted by Gasteiger charge is -2.16. The van der Waals surface area contributed by atoms with Gasteiger partial charge in [0.25, 0.3) is 0 Å². The molecular weight excluding hydrogens is 292 g/mol. The maximum atomic E-state index is 12.2. The zero-order valence-corrected chi connectivity index (χ0v) is 13.5. The third-order valence-electron chi connectivity index (χ3n) is 2.94. The quantitative estimate of drug-likeness (QED) is 0.717. The number of sulfonamides is 1. The van der Waals surface area contributed by atoms with Crippen molar-refractivity contribution < 1.29 is 18.3 Å². The van der Waals surface area contributed by atoms with Gasteiger partial charge in [-0.2, -0.15) is 0 Å². The van der Waals surface area contributed by atoms with Gasteiger partial charge in [0.15, 0.2) is 0 Å². The van der Waals surface area contributed by atoms with E-state index in [0.29, 0.717) is 12.1 Å². The lowest BCUT2D eigenvalue weighted by atomic mass is 10.1. The molecule has 0 aromatic heterocycles. The van der Waals surface area contributed by atoms with Crippen LogP contribution in [-0.4, -0.2) is 31.6 Å². The summed E-state index contributed by atoms with van der Waals surface area (Å²) >= 11 is 0. The summed E-state index contributed by atoms with van der Waals surface area (Å²) in [5.41, 5.74) is 0.343. The van der Waals surface area contributed by atoms with E-state index in [9.17, 15) is 18.3 Å². The van der Waals surface area contributed by atoms with Crippen molar-refractivity contribution in [2.24, 2.45) is 0 Å². The summed E-state index contributed by atoms with van der Waals surface area (Å²) in [5.74, 6) is -1.17.